The lowest BCUT2D eigenvalue weighted by molar-refractivity contribution is -0.0863. The van der Waals surface area contributed by atoms with Gasteiger partial charge in [-0.1, -0.05) is 30.3 Å². The van der Waals surface area contributed by atoms with Gasteiger partial charge >= 0.3 is 0 Å². The third-order valence-corrected chi connectivity index (χ3v) is 2.75. The van der Waals surface area contributed by atoms with Gasteiger partial charge in [-0.05, 0) is 18.8 Å². The molecule has 1 aliphatic carbocycles. The smallest absolute Gasteiger partial charge is 0.225 e. The van der Waals surface area contributed by atoms with E-state index in [2.05, 4.69) is 0 Å². The molecule has 1 atom stereocenters. The van der Waals surface area contributed by atoms with E-state index in [1.54, 1.807) is 24.3 Å². The van der Waals surface area contributed by atoms with Gasteiger partial charge in [0.05, 0.1) is 12.7 Å². The molecule has 1 unspecified atom stereocenters. The zero-order chi connectivity index (χ0) is 10.7. The summed E-state index contributed by atoms with van der Waals surface area (Å²) in [6.45, 7) is 0.396. The summed E-state index contributed by atoms with van der Waals surface area (Å²) in [5.74, 6) is 0.321. The predicted molar refractivity (Wildman–Crippen MR) is 55.0 cm³/mol. The first kappa shape index (κ1) is 10.6. The van der Waals surface area contributed by atoms with Crippen molar-refractivity contribution >= 4 is 0 Å². The number of aliphatic hydroxyl groups is 1. The van der Waals surface area contributed by atoms with Crippen molar-refractivity contribution in [2.24, 2.45) is 5.92 Å². The molecule has 1 N–H and O–H groups in total. The Bertz CT molecular complexity index is 296. The molecule has 3 heteroatoms. The van der Waals surface area contributed by atoms with Crippen LogP contribution in [-0.4, -0.2) is 17.8 Å². The van der Waals surface area contributed by atoms with Gasteiger partial charge in [0.25, 0.3) is 0 Å². The molecule has 82 valence electrons. The number of benzene rings is 1. The van der Waals surface area contributed by atoms with Crippen LogP contribution in [0.5, 0.6) is 0 Å². The van der Waals surface area contributed by atoms with E-state index in [0.717, 1.165) is 12.8 Å². The minimum absolute atomic E-state index is 0.201. The third kappa shape index (κ3) is 2.76. The zero-order valence-electron chi connectivity index (χ0n) is 8.47. The second-order valence-corrected chi connectivity index (χ2v) is 4.05. The summed E-state index contributed by atoms with van der Waals surface area (Å²) in [7, 11) is 0. The zero-order valence-corrected chi connectivity index (χ0v) is 8.47. The summed E-state index contributed by atoms with van der Waals surface area (Å²) in [5, 5.41) is 9.05. The maximum atomic E-state index is 13.5. The Kier molecular flexibility index (Phi) is 3.34. The Morgan fingerprint density at radius 3 is 2.60 bits per heavy atom. The number of ether oxygens (including phenoxy) is 1. The van der Waals surface area contributed by atoms with Crippen LogP contribution in [0.2, 0.25) is 0 Å². The van der Waals surface area contributed by atoms with Gasteiger partial charge in [-0.25, -0.2) is 4.39 Å². The minimum atomic E-state index is -1.34. The van der Waals surface area contributed by atoms with Crippen LogP contribution in [0.1, 0.15) is 24.8 Å². The van der Waals surface area contributed by atoms with Crippen LogP contribution in [0.25, 0.3) is 0 Å². The van der Waals surface area contributed by atoms with Crippen molar-refractivity contribution in [2.75, 3.05) is 6.61 Å². The summed E-state index contributed by atoms with van der Waals surface area (Å²) in [6, 6.07) is 8.84. The monoisotopic (exact) mass is 210 g/mol. The summed E-state index contributed by atoms with van der Waals surface area (Å²) in [4.78, 5) is 0. The first-order valence-corrected chi connectivity index (χ1v) is 5.24. The van der Waals surface area contributed by atoms with Gasteiger partial charge in [-0.2, -0.15) is 0 Å². The number of hydrogen-bond acceptors (Lipinski definition) is 2. The Hall–Kier alpha value is -0.930. The van der Waals surface area contributed by atoms with Crippen molar-refractivity contribution in [3.05, 3.63) is 35.9 Å². The number of alkyl halides is 1. The second-order valence-electron chi connectivity index (χ2n) is 4.05. The van der Waals surface area contributed by atoms with E-state index in [4.69, 9.17) is 9.84 Å². The van der Waals surface area contributed by atoms with Crippen LogP contribution < -0.4 is 0 Å². The van der Waals surface area contributed by atoms with Crippen LogP contribution in [0.4, 0.5) is 4.39 Å². The van der Waals surface area contributed by atoms with E-state index in [9.17, 15) is 4.39 Å². The molecule has 1 aromatic carbocycles. The average molecular weight is 210 g/mol. The number of halogens is 1. The maximum Gasteiger partial charge on any atom is 0.225 e. The van der Waals surface area contributed by atoms with Gasteiger partial charge < -0.3 is 9.84 Å². The van der Waals surface area contributed by atoms with Gasteiger partial charge in [0.15, 0.2) is 0 Å². The van der Waals surface area contributed by atoms with Crippen LogP contribution >= 0.6 is 0 Å². The van der Waals surface area contributed by atoms with E-state index >= 15 is 0 Å². The summed E-state index contributed by atoms with van der Waals surface area (Å²) >= 11 is 0. The lowest BCUT2D eigenvalue weighted by Gasteiger charge is -2.31. The highest BCUT2D eigenvalue weighted by atomic mass is 19.1. The molecule has 0 amide bonds. The largest absolute Gasteiger partial charge is 0.393 e. The number of hydrogen-bond donors (Lipinski definition) is 1. The van der Waals surface area contributed by atoms with Gasteiger partial charge in [0.2, 0.25) is 6.36 Å². The van der Waals surface area contributed by atoms with Crippen molar-refractivity contribution < 1.29 is 14.2 Å². The topological polar surface area (TPSA) is 29.5 Å². The Labute approximate surface area is 88.7 Å². The fourth-order valence-electron chi connectivity index (χ4n) is 1.76. The average Bonchev–Trinajstić information content (AvgIpc) is 2.23. The van der Waals surface area contributed by atoms with Crippen LogP contribution in [0.15, 0.2) is 30.3 Å². The molecule has 0 aliphatic heterocycles. The van der Waals surface area contributed by atoms with Crippen molar-refractivity contribution in [3.8, 4) is 0 Å². The molecule has 0 saturated heterocycles. The molecule has 1 aromatic rings. The molecule has 1 aliphatic rings. The van der Waals surface area contributed by atoms with E-state index < -0.39 is 6.36 Å². The highest BCUT2D eigenvalue weighted by Crippen LogP contribution is 2.29. The summed E-state index contributed by atoms with van der Waals surface area (Å²) in [6.07, 6.45) is -0.0689. The van der Waals surface area contributed by atoms with Crippen LogP contribution in [0, 0.1) is 5.92 Å². The highest BCUT2D eigenvalue weighted by Gasteiger charge is 2.28. The van der Waals surface area contributed by atoms with Crippen molar-refractivity contribution in [1.82, 2.24) is 0 Å². The minimum Gasteiger partial charge on any atom is -0.393 e. The lowest BCUT2D eigenvalue weighted by atomic mass is 9.83. The number of rotatable bonds is 4. The molecule has 1 saturated carbocycles. The van der Waals surface area contributed by atoms with Gasteiger partial charge in [-0.3, -0.25) is 0 Å². The van der Waals surface area contributed by atoms with Crippen LogP contribution in [0.3, 0.4) is 0 Å². The molecule has 15 heavy (non-hydrogen) atoms. The van der Waals surface area contributed by atoms with Gasteiger partial charge in [0, 0.05) is 5.56 Å². The Morgan fingerprint density at radius 2 is 2.00 bits per heavy atom. The van der Waals surface area contributed by atoms with Gasteiger partial charge in [0.1, 0.15) is 0 Å². The fourth-order valence-corrected chi connectivity index (χ4v) is 1.76. The number of aliphatic hydroxyl groups excluding tert-OH is 1. The molecule has 0 spiro atoms. The first-order chi connectivity index (χ1) is 7.25. The van der Waals surface area contributed by atoms with Crippen LogP contribution in [-0.2, 0) is 4.74 Å². The Morgan fingerprint density at radius 1 is 1.33 bits per heavy atom. The van der Waals surface area contributed by atoms with Crippen molar-refractivity contribution in [2.45, 2.75) is 25.3 Å². The quantitative estimate of drug-likeness (QED) is 0.827. The molecular formula is C12H15FO2. The fraction of sp³-hybridized carbons (Fsp3) is 0.500. The van der Waals surface area contributed by atoms with Crippen molar-refractivity contribution in [3.63, 3.8) is 0 Å². The van der Waals surface area contributed by atoms with Crippen molar-refractivity contribution in [1.29, 1.82) is 0 Å². The lowest BCUT2D eigenvalue weighted by Crippen LogP contribution is -2.31. The molecule has 1 fully saturated rings. The molecule has 2 rings (SSSR count). The molecule has 0 bridgehead atoms. The first-order valence-electron chi connectivity index (χ1n) is 5.24. The Balaban J connectivity index is 1.75. The molecule has 0 radical (unpaired) electrons. The highest BCUT2D eigenvalue weighted by molar-refractivity contribution is 5.15. The normalized spacial score (nSPS) is 27.1. The molecule has 0 aromatic heterocycles. The van der Waals surface area contributed by atoms with E-state index in [0.29, 0.717) is 18.1 Å². The maximum absolute atomic E-state index is 13.5. The SMILES string of the molecule is OC1CC(COC(F)c2ccccc2)C1. The molecule has 0 heterocycles. The summed E-state index contributed by atoms with van der Waals surface area (Å²) < 4.78 is 18.6. The van der Waals surface area contributed by atoms with E-state index in [1.807, 2.05) is 6.07 Å². The second kappa shape index (κ2) is 4.73. The summed E-state index contributed by atoms with van der Waals surface area (Å²) in [5.41, 5.74) is 0.553. The standard InChI is InChI=1S/C12H15FO2/c13-12(10-4-2-1-3-5-10)15-8-9-6-11(14)7-9/h1-5,9,11-12,14H,6-8H2. The predicted octanol–water partition coefficient (Wildman–Crippen LogP) is 2.44. The van der Waals surface area contributed by atoms with E-state index in [-0.39, 0.29) is 6.10 Å². The third-order valence-electron chi connectivity index (χ3n) is 2.75. The molecular weight excluding hydrogens is 195 g/mol. The molecule has 2 nitrogen and oxygen atoms in total. The van der Waals surface area contributed by atoms with Gasteiger partial charge in [-0.15, -0.1) is 0 Å². The van der Waals surface area contributed by atoms with E-state index in [1.165, 1.54) is 0 Å².